The van der Waals surface area contributed by atoms with Crippen LogP contribution in [0.4, 0.5) is 5.82 Å². The van der Waals surface area contributed by atoms with E-state index in [1.807, 2.05) is 30.2 Å². The summed E-state index contributed by atoms with van der Waals surface area (Å²) < 4.78 is 1.99. The summed E-state index contributed by atoms with van der Waals surface area (Å²) in [7, 11) is 1.99. The van der Waals surface area contributed by atoms with Crippen molar-refractivity contribution in [2.45, 2.75) is 13.3 Å². The maximum Gasteiger partial charge on any atom is 0.154 e. The van der Waals surface area contributed by atoms with E-state index < -0.39 is 0 Å². The zero-order valence-corrected chi connectivity index (χ0v) is 8.49. The van der Waals surface area contributed by atoms with E-state index >= 15 is 0 Å². The van der Waals surface area contributed by atoms with E-state index in [-0.39, 0.29) is 0 Å². The lowest BCUT2D eigenvalue weighted by molar-refractivity contribution is 0.947. The second-order valence-corrected chi connectivity index (χ2v) is 3.31. The smallest absolute Gasteiger partial charge is 0.154 e. The number of nitrogens with zero attached hydrogens (tertiary/aromatic N) is 3. The zero-order chi connectivity index (χ0) is 9.97. The van der Waals surface area contributed by atoms with Gasteiger partial charge < -0.3 is 9.88 Å². The van der Waals surface area contributed by atoms with Crippen molar-refractivity contribution in [3.63, 3.8) is 0 Å². The fraction of sp³-hybridized carbons (Fsp3) is 0.400. The first-order valence-electron chi connectivity index (χ1n) is 4.83. The Labute approximate surface area is 83.0 Å². The van der Waals surface area contributed by atoms with Gasteiger partial charge in [0.2, 0.25) is 0 Å². The van der Waals surface area contributed by atoms with Crippen LogP contribution >= 0.6 is 0 Å². The summed E-state index contributed by atoms with van der Waals surface area (Å²) in [5, 5.41) is 3.26. The molecule has 1 N–H and O–H groups in total. The van der Waals surface area contributed by atoms with Crippen LogP contribution in [0, 0.1) is 0 Å². The predicted octanol–water partition coefficient (Wildman–Crippen LogP) is 1.79. The van der Waals surface area contributed by atoms with Crippen LogP contribution in [0.25, 0.3) is 11.0 Å². The first-order valence-corrected chi connectivity index (χ1v) is 4.83. The van der Waals surface area contributed by atoms with Crippen molar-refractivity contribution < 1.29 is 0 Å². The third kappa shape index (κ3) is 1.43. The summed E-state index contributed by atoms with van der Waals surface area (Å²) in [5.41, 5.74) is 2.06. The third-order valence-corrected chi connectivity index (χ3v) is 2.19. The second-order valence-electron chi connectivity index (χ2n) is 3.31. The predicted molar refractivity (Wildman–Crippen MR) is 57.3 cm³/mol. The second kappa shape index (κ2) is 3.65. The Morgan fingerprint density at radius 1 is 1.43 bits per heavy atom. The Kier molecular flexibility index (Phi) is 2.35. The number of hydrogen-bond donors (Lipinski definition) is 1. The van der Waals surface area contributed by atoms with Gasteiger partial charge in [-0.25, -0.2) is 9.97 Å². The van der Waals surface area contributed by atoms with Gasteiger partial charge in [0.05, 0.1) is 11.8 Å². The third-order valence-electron chi connectivity index (χ3n) is 2.19. The van der Waals surface area contributed by atoms with Gasteiger partial charge in [-0.05, 0) is 12.5 Å². The topological polar surface area (TPSA) is 42.7 Å². The molecule has 0 spiro atoms. The molecule has 2 heterocycles. The normalized spacial score (nSPS) is 10.7. The van der Waals surface area contributed by atoms with Gasteiger partial charge in [-0.1, -0.05) is 6.92 Å². The van der Waals surface area contributed by atoms with Crippen LogP contribution in [-0.4, -0.2) is 21.1 Å². The molecule has 0 aliphatic heterocycles. The molecule has 0 atom stereocenters. The lowest BCUT2D eigenvalue weighted by Crippen LogP contribution is -2.02. The van der Waals surface area contributed by atoms with Gasteiger partial charge in [0.15, 0.2) is 5.82 Å². The van der Waals surface area contributed by atoms with Crippen LogP contribution < -0.4 is 5.32 Å². The van der Waals surface area contributed by atoms with Gasteiger partial charge >= 0.3 is 0 Å². The Morgan fingerprint density at radius 3 is 3.07 bits per heavy atom. The Morgan fingerprint density at radius 2 is 2.29 bits per heavy atom. The van der Waals surface area contributed by atoms with E-state index in [9.17, 15) is 0 Å². The molecule has 0 saturated heterocycles. The summed E-state index contributed by atoms with van der Waals surface area (Å²) in [6.07, 6.45) is 4.70. The number of pyridine rings is 1. The fourth-order valence-corrected chi connectivity index (χ4v) is 1.43. The molecule has 0 amide bonds. The van der Waals surface area contributed by atoms with Crippen LogP contribution in [-0.2, 0) is 7.05 Å². The number of nitrogens with one attached hydrogen (secondary N) is 1. The zero-order valence-electron chi connectivity index (χ0n) is 8.49. The number of fused-ring (bicyclic) bond motifs is 1. The van der Waals surface area contributed by atoms with E-state index in [2.05, 4.69) is 22.2 Å². The molecule has 0 unspecified atom stereocenters. The number of aryl methyl sites for hydroxylation is 1. The van der Waals surface area contributed by atoms with E-state index in [0.29, 0.717) is 0 Å². The van der Waals surface area contributed by atoms with Gasteiger partial charge in [0.1, 0.15) is 5.52 Å². The highest BCUT2D eigenvalue weighted by Crippen LogP contribution is 2.17. The first kappa shape index (κ1) is 8.99. The summed E-state index contributed by atoms with van der Waals surface area (Å²) in [4.78, 5) is 8.58. The molecule has 14 heavy (non-hydrogen) atoms. The number of imidazole rings is 1. The van der Waals surface area contributed by atoms with Gasteiger partial charge in [-0.3, -0.25) is 0 Å². The number of aromatic nitrogens is 3. The molecule has 0 fully saturated rings. The van der Waals surface area contributed by atoms with Gasteiger partial charge in [0, 0.05) is 19.8 Å². The van der Waals surface area contributed by atoms with E-state index in [4.69, 9.17) is 0 Å². The summed E-state index contributed by atoms with van der Waals surface area (Å²) in [6, 6.07) is 1.97. The van der Waals surface area contributed by atoms with Gasteiger partial charge in [0.25, 0.3) is 0 Å². The molecule has 0 radical (unpaired) electrons. The van der Waals surface area contributed by atoms with Gasteiger partial charge in [-0.2, -0.15) is 0 Å². The number of rotatable bonds is 3. The highest BCUT2D eigenvalue weighted by atomic mass is 15.1. The first-order chi connectivity index (χ1) is 6.83. The van der Waals surface area contributed by atoms with E-state index in [0.717, 1.165) is 29.8 Å². The van der Waals surface area contributed by atoms with Crippen LogP contribution in [0.15, 0.2) is 18.6 Å². The van der Waals surface area contributed by atoms with Gasteiger partial charge in [-0.15, -0.1) is 0 Å². The van der Waals surface area contributed by atoms with Crippen LogP contribution in [0.3, 0.4) is 0 Å². The maximum absolute atomic E-state index is 4.31. The minimum absolute atomic E-state index is 0.880. The lowest BCUT2D eigenvalue weighted by atomic mass is 10.3. The van der Waals surface area contributed by atoms with Crippen molar-refractivity contribution in [2.75, 3.05) is 11.9 Å². The summed E-state index contributed by atoms with van der Waals surface area (Å²) in [6.45, 7) is 3.06. The van der Waals surface area contributed by atoms with Crippen molar-refractivity contribution in [1.29, 1.82) is 0 Å². The van der Waals surface area contributed by atoms with Crippen molar-refractivity contribution in [3.05, 3.63) is 18.6 Å². The SMILES string of the molecule is CCCNc1nccc2c1ncn2C. The molecule has 0 saturated carbocycles. The monoisotopic (exact) mass is 190 g/mol. The summed E-state index contributed by atoms with van der Waals surface area (Å²) in [5.74, 6) is 0.880. The molecular formula is C10H14N4. The average molecular weight is 190 g/mol. The van der Waals surface area contributed by atoms with Crippen molar-refractivity contribution in [3.8, 4) is 0 Å². The van der Waals surface area contributed by atoms with Crippen LogP contribution in [0.1, 0.15) is 13.3 Å². The highest BCUT2D eigenvalue weighted by Gasteiger charge is 2.04. The van der Waals surface area contributed by atoms with Crippen molar-refractivity contribution in [1.82, 2.24) is 14.5 Å². The van der Waals surface area contributed by atoms with E-state index in [1.54, 1.807) is 0 Å². The molecule has 0 aromatic carbocycles. The Hall–Kier alpha value is -1.58. The Balaban J connectivity index is 2.44. The molecule has 0 aliphatic carbocycles. The van der Waals surface area contributed by atoms with Crippen LogP contribution in [0.2, 0.25) is 0 Å². The quantitative estimate of drug-likeness (QED) is 0.802. The molecule has 2 aromatic heterocycles. The highest BCUT2D eigenvalue weighted by molar-refractivity contribution is 5.85. The Bertz CT molecular complexity index is 433. The van der Waals surface area contributed by atoms with Crippen LogP contribution in [0.5, 0.6) is 0 Å². The molecule has 0 aliphatic rings. The summed E-state index contributed by atoms with van der Waals surface area (Å²) >= 11 is 0. The van der Waals surface area contributed by atoms with Crippen molar-refractivity contribution in [2.24, 2.45) is 7.05 Å². The van der Waals surface area contributed by atoms with E-state index in [1.165, 1.54) is 0 Å². The average Bonchev–Trinajstić information content (AvgIpc) is 2.58. The number of anilines is 1. The minimum Gasteiger partial charge on any atom is -0.368 e. The molecule has 2 aromatic rings. The molecule has 4 nitrogen and oxygen atoms in total. The molecule has 74 valence electrons. The number of hydrogen-bond acceptors (Lipinski definition) is 3. The largest absolute Gasteiger partial charge is 0.368 e. The van der Waals surface area contributed by atoms with Crippen molar-refractivity contribution >= 4 is 16.9 Å². The lowest BCUT2D eigenvalue weighted by Gasteiger charge is -2.03. The molecule has 4 heteroatoms. The molecule has 0 bridgehead atoms. The standard InChI is InChI=1S/C10H14N4/c1-3-5-11-10-9-8(4-6-12-10)14(2)7-13-9/h4,6-7H,3,5H2,1-2H3,(H,11,12). The molecular weight excluding hydrogens is 176 g/mol. The fourth-order valence-electron chi connectivity index (χ4n) is 1.43. The molecule has 2 rings (SSSR count). The minimum atomic E-state index is 0.880. The maximum atomic E-state index is 4.31.